The standard InChI is InChI=1S/C18H19N3O/c1-22-14-8-6-13(7-9-14)10-11-20-18-15-4-2-3-5-17(15)21-12-16(18)19/h2-9,12H,10-11,19H2,1H3,(H,20,21). The molecule has 0 fully saturated rings. The van der Waals surface area contributed by atoms with Crippen LogP contribution in [0.3, 0.4) is 0 Å². The van der Waals surface area contributed by atoms with Gasteiger partial charge in [0.25, 0.3) is 0 Å². The lowest BCUT2D eigenvalue weighted by Crippen LogP contribution is -2.08. The Morgan fingerprint density at radius 3 is 2.64 bits per heavy atom. The predicted octanol–water partition coefficient (Wildman–Crippen LogP) is 3.48. The second-order valence-corrected chi connectivity index (χ2v) is 5.13. The first-order valence-electron chi connectivity index (χ1n) is 7.28. The number of ether oxygens (including phenoxy) is 1. The maximum absolute atomic E-state index is 6.06. The number of methoxy groups -OCH3 is 1. The fourth-order valence-corrected chi connectivity index (χ4v) is 2.48. The summed E-state index contributed by atoms with van der Waals surface area (Å²) < 4.78 is 5.17. The number of nitrogen functional groups attached to an aromatic ring is 1. The normalized spacial score (nSPS) is 10.6. The molecule has 3 rings (SSSR count). The molecule has 1 heterocycles. The van der Waals surface area contributed by atoms with Gasteiger partial charge in [0.15, 0.2) is 0 Å². The number of hydrogen-bond acceptors (Lipinski definition) is 4. The van der Waals surface area contributed by atoms with Gasteiger partial charge in [-0.1, -0.05) is 30.3 Å². The number of nitrogens with one attached hydrogen (secondary N) is 1. The molecule has 0 aliphatic heterocycles. The summed E-state index contributed by atoms with van der Waals surface area (Å²) in [6, 6.07) is 16.1. The van der Waals surface area contributed by atoms with Gasteiger partial charge < -0.3 is 15.8 Å². The molecule has 112 valence electrons. The highest BCUT2D eigenvalue weighted by molar-refractivity contribution is 5.96. The van der Waals surface area contributed by atoms with Crippen molar-refractivity contribution in [3.05, 3.63) is 60.3 Å². The SMILES string of the molecule is COc1ccc(CCNc2c(N)cnc3ccccc23)cc1. The van der Waals surface area contributed by atoms with E-state index in [1.807, 2.05) is 36.4 Å². The summed E-state index contributed by atoms with van der Waals surface area (Å²) >= 11 is 0. The third-order valence-corrected chi connectivity index (χ3v) is 3.68. The van der Waals surface area contributed by atoms with Crippen LogP contribution in [0.2, 0.25) is 0 Å². The number of para-hydroxylation sites is 1. The van der Waals surface area contributed by atoms with Gasteiger partial charge in [-0.05, 0) is 30.2 Å². The molecule has 4 nitrogen and oxygen atoms in total. The van der Waals surface area contributed by atoms with Crippen molar-refractivity contribution in [2.24, 2.45) is 0 Å². The zero-order chi connectivity index (χ0) is 15.4. The van der Waals surface area contributed by atoms with Crippen molar-refractivity contribution in [1.82, 2.24) is 4.98 Å². The highest BCUT2D eigenvalue weighted by Crippen LogP contribution is 2.27. The Kier molecular flexibility index (Phi) is 4.10. The molecule has 0 aliphatic carbocycles. The summed E-state index contributed by atoms with van der Waals surface area (Å²) in [7, 11) is 1.67. The number of rotatable bonds is 5. The Bertz CT molecular complexity index is 769. The van der Waals surface area contributed by atoms with E-state index in [0.29, 0.717) is 5.69 Å². The second kappa shape index (κ2) is 6.35. The van der Waals surface area contributed by atoms with E-state index in [2.05, 4.69) is 22.4 Å². The van der Waals surface area contributed by atoms with E-state index >= 15 is 0 Å². The first kappa shape index (κ1) is 14.2. The Morgan fingerprint density at radius 2 is 1.86 bits per heavy atom. The number of anilines is 2. The van der Waals surface area contributed by atoms with Gasteiger partial charge in [-0.3, -0.25) is 4.98 Å². The average Bonchev–Trinajstić information content (AvgIpc) is 2.57. The fourth-order valence-electron chi connectivity index (χ4n) is 2.48. The lowest BCUT2D eigenvalue weighted by Gasteiger charge is -2.12. The lowest BCUT2D eigenvalue weighted by molar-refractivity contribution is 0.414. The van der Waals surface area contributed by atoms with Crippen LogP contribution in [0.4, 0.5) is 11.4 Å². The molecule has 0 unspecified atom stereocenters. The van der Waals surface area contributed by atoms with Crippen molar-refractivity contribution in [3.8, 4) is 5.75 Å². The van der Waals surface area contributed by atoms with Gasteiger partial charge >= 0.3 is 0 Å². The van der Waals surface area contributed by atoms with Gasteiger partial charge in [-0.25, -0.2) is 0 Å². The third kappa shape index (κ3) is 2.96. The van der Waals surface area contributed by atoms with Crippen LogP contribution in [-0.4, -0.2) is 18.6 Å². The van der Waals surface area contributed by atoms with E-state index in [-0.39, 0.29) is 0 Å². The molecule has 4 heteroatoms. The first-order valence-corrected chi connectivity index (χ1v) is 7.28. The summed E-state index contributed by atoms with van der Waals surface area (Å²) in [6.07, 6.45) is 2.62. The number of fused-ring (bicyclic) bond motifs is 1. The first-order chi connectivity index (χ1) is 10.8. The van der Waals surface area contributed by atoms with Crippen molar-refractivity contribution in [1.29, 1.82) is 0 Å². The number of aromatic nitrogens is 1. The van der Waals surface area contributed by atoms with Crippen LogP contribution < -0.4 is 15.8 Å². The molecule has 1 aromatic heterocycles. The summed E-state index contributed by atoms with van der Waals surface area (Å²) in [5.41, 5.74) is 9.90. The highest BCUT2D eigenvalue weighted by Gasteiger charge is 2.05. The van der Waals surface area contributed by atoms with Gasteiger partial charge in [-0.15, -0.1) is 0 Å². The Balaban J connectivity index is 1.72. The number of hydrogen-bond donors (Lipinski definition) is 2. The lowest BCUT2D eigenvalue weighted by atomic mass is 10.1. The molecule has 0 atom stereocenters. The van der Waals surface area contributed by atoms with Crippen LogP contribution in [0, 0.1) is 0 Å². The molecule has 3 aromatic rings. The minimum absolute atomic E-state index is 0.674. The largest absolute Gasteiger partial charge is 0.497 e. The molecule has 2 aromatic carbocycles. The molecule has 0 bridgehead atoms. The quantitative estimate of drug-likeness (QED) is 0.756. The Hall–Kier alpha value is -2.75. The van der Waals surface area contributed by atoms with E-state index in [1.165, 1.54) is 5.56 Å². The average molecular weight is 293 g/mol. The number of benzene rings is 2. The summed E-state index contributed by atoms with van der Waals surface area (Å²) in [5.74, 6) is 0.876. The van der Waals surface area contributed by atoms with Crippen molar-refractivity contribution in [2.75, 3.05) is 24.7 Å². The topological polar surface area (TPSA) is 60.2 Å². The summed E-state index contributed by atoms with van der Waals surface area (Å²) in [5, 5.41) is 4.49. The maximum atomic E-state index is 6.06. The van der Waals surface area contributed by atoms with Gasteiger partial charge in [0.05, 0.1) is 30.2 Å². The third-order valence-electron chi connectivity index (χ3n) is 3.68. The Labute approximate surface area is 129 Å². The van der Waals surface area contributed by atoms with Crippen molar-refractivity contribution < 1.29 is 4.74 Å². The molecular formula is C18H19N3O. The van der Waals surface area contributed by atoms with E-state index < -0.39 is 0 Å². The predicted molar refractivity (Wildman–Crippen MR) is 91.3 cm³/mol. The molecule has 0 spiro atoms. The zero-order valence-electron chi connectivity index (χ0n) is 12.5. The molecule has 0 amide bonds. The van der Waals surface area contributed by atoms with Crippen molar-refractivity contribution >= 4 is 22.3 Å². The maximum Gasteiger partial charge on any atom is 0.118 e. The molecular weight excluding hydrogens is 274 g/mol. The highest BCUT2D eigenvalue weighted by atomic mass is 16.5. The number of pyridine rings is 1. The second-order valence-electron chi connectivity index (χ2n) is 5.13. The molecule has 0 radical (unpaired) electrons. The van der Waals surface area contributed by atoms with Gasteiger partial charge in [0.2, 0.25) is 0 Å². The van der Waals surface area contributed by atoms with E-state index in [1.54, 1.807) is 13.3 Å². The van der Waals surface area contributed by atoms with Crippen LogP contribution in [0.1, 0.15) is 5.56 Å². The monoisotopic (exact) mass is 293 g/mol. The molecule has 0 saturated carbocycles. The van der Waals surface area contributed by atoms with E-state index in [0.717, 1.165) is 35.3 Å². The molecule has 0 aliphatic rings. The van der Waals surface area contributed by atoms with Gasteiger partial charge in [0.1, 0.15) is 5.75 Å². The fraction of sp³-hybridized carbons (Fsp3) is 0.167. The van der Waals surface area contributed by atoms with Crippen LogP contribution in [-0.2, 0) is 6.42 Å². The van der Waals surface area contributed by atoms with Crippen LogP contribution in [0.15, 0.2) is 54.7 Å². The van der Waals surface area contributed by atoms with E-state index in [4.69, 9.17) is 10.5 Å². The number of nitrogens with zero attached hydrogens (tertiary/aromatic N) is 1. The van der Waals surface area contributed by atoms with Crippen molar-refractivity contribution in [3.63, 3.8) is 0 Å². The zero-order valence-corrected chi connectivity index (χ0v) is 12.5. The van der Waals surface area contributed by atoms with E-state index in [9.17, 15) is 0 Å². The van der Waals surface area contributed by atoms with Gasteiger partial charge in [-0.2, -0.15) is 0 Å². The number of nitrogens with two attached hydrogens (primary N) is 1. The minimum Gasteiger partial charge on any atom is -0.497 e. The minimum atomic E-state index is 0.674. The van der Waals surface area contributed by atoms with Gasteiger partial charge in [0, 0.05) is 11.9 Å². The van der Waals surface area contributed by atoms with Crippen LogP contribution in [0.25, 0.3) is 10.9 Å². The summed E-state index contributed by atoms with van der Waals surface area (Å²) in [4.78, 5) is 4.35. The van der Waals surface area contributed by atoms with Crippen LogP contribution >= 0.6 is 0 Å². The van der Waals surface area contributed by atoms with Crippen molar-refractivity contribution in [2.45, 2.75) is 6.42 Å². The van der Waals surface area contributed by atoms with Crippen LogP contribution in [0.5, 0.6) is 5.75 Å². The molecule has 3 N–H and O–H groups in total. The molecule has 22 heavy (non-hydrogen) atoms. The Morgan fingerprint density at radius 1 is 1.09 bits per heavy atom. The smallest absolute Gasteiger partial charge is 0.118 e. The molecule has 0 saturated heterocycles. The summed E-state index contributed by atoms with van der Waals surface area (Å²) in [6.45, 7) is 0.810.